The van der Waals surface area contributed by atoms with Gasteiger partial charge in [-0.15, -0.1) is 0 Å². The van der Waals surface area contributed by atoms with Crippen LogP contribution in [0, 0.1) is 5.82 Å². The summed E-state index contributed by atoms with van der Waals surface area (Å²) in [5.41, 5.74) is 0.870. The Balaban J connectivity index is 2.03. The number of hydrogen-bond acceptors (Lipinski definition) is 3. The van der Waals surface area contributed by atoms with Gasteiger partial charge in [-0.3, -0.25) is 9.59 Å². The lowest BCUT2D eigenvalue weighted by molar-refractivity contribution is -0.117. The summed E-state index contributed by atoms with van der Waals surface area (Å²) in [5, 5.41) is 2.63. The predicted molar refractivity (Wildman–Crippen MR) is 79.9 cm³/mol. The van der Waals surface area contributed by atoms with E-state index in [1.165, 1.54) is 41.7 Å². The minimum atomic E-state index is -0.378. The van der Waals surface area contributed by atoms with Crippen molar-refractivity contribution in [2.45, 2.75) is 19.9 Å². The van der Waals surface area contributed by atoms with Crippen molar-refractivity contribution >= 4 is 17.5 Å². The molecule has 0 aliphatic carbocycles. The van der Waals surface area contributed by atoms with E-state index in [9.17, 15) is 14.0 Å². The van der Waals surface area contributed by atoms with Gasteiger partial charge in [-0.25, -0.2) is 4.39 Å². The Morgan fingerprint density at radius 3 is 2.45 bits per heavy atom. The summed E-state index contributed by atoms with van der Waals surface area (Å²) in [6, 6.07) is 6.84. The van der Waals surface area contributed by atoms with Crippen LogP contribution >= 0.6 is 0 Å². The molecule has 5 nitrogen and oxygen atoms in total. The van der Waals surface area contributed by atoms with Gasteiger partial charge in [0.15, 0.2) is 0 Å². The van der Waals surface area contributed by atoms with E-state index >= 15 is 0 Å². The third kappa shape index (κ3) is 3.94. The van der Waals surface area contributed by atoms with Gasteiger partial charge in [0.1, 0.15) is 18.6 Å². The topological polar surface area (TPSA) is 62.6 Å². The number of carbonyl (C=O) groups excluding carboxylic acids is 2. The summed E-state index contributed by atoms with van der Waals surface area (Å²) in [6.45, 7) is 3.55. The van der Waals surface area contributed by atoms with Gasteiger partial charge in [-0.1, -0.05) is 0 Å². The third-order valence-corrected chi connectivity index (χ3v) is 3.09. The van der Waals surface area contributed by atoms with Gasteiger partial charge in [-0.2, -0.15) is 0 Å². The first-order chi connectivity index (χ1) is 10.5. The molecule has 2 amide bonds. The molecule has 0 saturated carbocycles. The van der Waals surface area contributed by atoms with Crippen LogP contribution in [-0.4, -0.2) is 29.3 Å². The Morgan fingerprint density at radius 2 is 1.91 bits per heavy atom. The van der Waals surface area contributed by atoms with Crippen LogP contribution in [0.1, 0.15) is 24.2 Å². The Bertz CT molecular complexity index is 636. The van der Waals surface area contributed by atoms with Crippen molar-refractivity contribution in [2.24, 2.45) is 0 Å². The van der Waals surface area contributed by atoms with Crippen LogP contribution in [0.3, 0.4) is 0 Å². The van der Waals surface area contributed by atoms with E-state index in [4.69, 9.17) is 4.42 Å². The van der Waals surface area contributed by atoms with Crippen LogP contribution in [0.2, 0.25) is 0 Å². The zero-order chi connectivity index (χ0) is 16.1. The molecule has 0 bridgehead atoms. The number of anilines is 1. The van der Waals surface area contributed by atoms with Crippen molar-refractivity contribution in [3.8, 4) is 0 Å². The Labute approximate surface area is 127 Å². The van der Waals surface area contributed by atoms with E-state index in [1.54, 1.807) is 6.07 Å². The summed E-state index contributed by atoms with van der Waals surface area (Å²) in [4.78, 5) is 25.8. The molecule has 116 valence electrons. The largest absolute Gasteiger partial charge is 0.472 e. The van der Waals surface area contributed by atoms with Crippen molar-refractivity contribution in [2.75, 3.05) is 11.9 Å². The summed E-state index contributed by atoms with van der Waals surface area (Å²) in [6.07, 6.45) is 2.75. The highest BCUT2D eigenvalue weighted by molar-refractivity contribution is 5.99. The second-order valence-electron chi connectivity index (χ2n) is 5.09. The van der Waals surface area contributed by atoms with E-state index in [0.717, 1.165) is 0 Å². The molecule has 2 rings (SSSR count). The zero-order valence-corrected chi connectivity index (χ0v) is 12.4. The molecular weight excluding hydrogens is 287 g/mol. The molecule has 0 unspecified atom stereocenters. The highest BCUT2D eigenvalue weighted by Gasteiger charge is 2.22. The van der Waals surface area contributed by atoms with Crippen molar-refractivity contribution < 1.29 is 18.4 Å². The number of carbonyl (C=O) groups is 2. The number of amides is 2. The molecule has 0 saturated heterocycles. The van der Waals surface area contributed by atoms with Crippen molar-refractivity contribution in [1.82, 2.24) is 4.90 Å². The number of hydrogen-bond donors (Lipinski definition) is 1. The van der Waals surface area contributed by atoms with Crippen molar-refractivity contribution in [3.63, 3.8) is 0 Å². The number of rotatable bonds is 5. The van der Waals surface area contributed by atoms with Gasteiger partial charge in [-0.05, 0) is 44.2 Å². The highest BCUT2D eigenvalue weighted by atomic mass is 19.1. The number of benzene rings is 1. The molecule has 0 aliphatic rings. The number of nitrogens with one attached hydrogen (secondary N) is 1. The van der Waals surface area contributed by atoms with Crippen LogP contribution in [0.4, 0.5) is 10.1 Å². The minimum absolute atomic E-state index is 0.0982. The fraction of sp³-hybridized carbons (Fsp3) is 0.250. The first-order valence-electron chi connectivity index (χ1n) is 6.86. The van der Waals surface area contributed by atoms with E-state index < -0.39 is 0 Å². The predicted octanol–water partition coefficient (Wildman–Crippen LogP) is 2.91. The molecule has 0 atom stereocenters. The molecule has 0 fully saturated rings. The van der Waals surface area contributed by atoms with Gasteiger partial charge in [0.05, 0.1) is 11.8 Å². The third-order valence-electron chi connectivity index (χ3n) is 3.09. The van der Waals surface area contributed by atoms with Gasteiger partial charge in [0.2, 0.25) is 5.91 Å². The van der Waals surface area contributed by atoms with Gasteiger partial charge in [0, 0.05) is 11.7 Å². The summed E-state index contributed by atoms with van der Waals surface area (Å²) < 4.78 is 17.7. The zero-order valence-electron chi connectivity index (χ0n) is 12.4. The molecule has 0 radical (unpaired) electrons. The monoisotopic (exact) mass is 304 g/mol. The minimum Gasteiger partial charge on any atom is -0.472 e. The molecular formula is C16H17FN2O3. The Kier molecular flexibility index (Phi) is 4.93. The van der Waals surface area contributed by atoms with E-state index in [0.29, 0.717) is 11.3 Å². The maximum Gasteiger partial charge on any atom is 0.257 e. The summed E-state index contributed by atoms with van der Waals surface area (Å²) >= 11 is 0. The van der Waals surface area contributed by atoms with E-state index in [2.05, 4.69) is 5.32 Å². The first kappa shape index (κ1) is 15.8. The standard InChI is InChI=1S/C16H17FN2O3/c1-11(2)19(16(21)12-7-8-22-10-12)9-15(20)18-14-5-3-13(17)4-6-14/h3-8,10-11H,9H2,1-2H3,(H,18,20). The lowest BCUT2D eigenvalue weighted by Gasteiger charge is -2.25. The van der Waals surface area contributed by atoms with E-state index in [1.807, 2.05) is 13.8 Å². The van der Waals surface area contributed by atoms with Gasteiger partial charge >= 0.3 is 0 Å². The molecule has 0 aliphatic heterocycles. The van der Waals surface area contributed by atoms with Crippen LogP contribution in [0.25, 0.3) is 0 Å². The first-order valence-corrected chi connectivity index (χ1v) is 6.86. The fourth-order valence-electron chi connectivity index (χ4n) is 1.93. The smallest absolute Gasteiger partial charge is 0.257 e. The average Bonchev–Trinajstić information content (AvgIpc) is 3.00. The fourth-order valence-corrected chi connectivity index (χ4v) is 1.93. The lowest BCUT2D eigenvalue weighted by Crippen LogP contribution is -2.42. The number of furan rings is 1. The van der Waals surface area contributed by atoms with Crippen LogP contribution in [-0.2, 0) is 4.79 Å². The van der Waals surface area contributed by atoms with Crippen LogP contribution in [0.5, 0.6) is 0 Å². The van der Waals surface area contributed by atoms with Crippen molar-refractivity contribution in [3.05, 3.63) is 54.2 Å². The molecule has 1 N–H and O–H groups in total. The quantitative estimate of drug-likeness (QED) is 0.924. The molecule has 0 spiro atoms. The molecule has 2 aromatic rings. The molecule has 1 aromatic carbocycles. The van der Waals surface area contributed by atoms with Crippen LogP contribution in [0.15, 0.2) is 47.3 Å². The second kappa shape index (κ2) is 6.89. The maximum atomic E-state index is 12.8. The normalized spacial score (nSPS) is 10.5. The Morgan fingerprint density at radius 1 is 1.23 bits per heavy atom. The number of halogens is 1. The van der Waals surface area contributed by atoms with Gasteiger partial charge < -0.3 is 14.6 Å². The Hall–Kier alpha value is -2.63. The highest BCUT2D eigenvalue weighted by Crippen LogP contribution is 2.11. The average molecular weight is 304 g/mol. The number of nitrogens with zero attached hydrogens (tertiary/aromatic N) is 1. The molecule has 1 aromatic heterocycles. The van der Waals surface area contributed by atoms with E-state index in [-0.39, 0.29) is 30.2 Å². The van der Waals surface area contributed by atoms with Crippen LogP contribution < -0.4 is 5.32 Å². The van der Waals surface area contributed by atoms with Crippen molar-refractivity contribution in [1.29, 1.82) is 0 Å². The maximum absolute atomic E-state index is 12.8. The SMILES string of the molecule is CC(C)N(CC(=O)Nc1ccc(F)cc1)C(=O)c1ccoc1. The summed E-state index contributed by atoms with van der Waals surface area (Å²) in [5.74, 6) is -1.01. The summed E-state index contributed by atoms with van der Waals surface area (Å²) in [7, 11) is 0. The molecule has 22 heavy (non-hydrogen) atoms. The lowest BCUT2D eigenvalue weighted by atomic mass is 10.2. The second-order valence-corrected chi connectivity index (χ2v) is 5.09. The molecule has 6 heteroatoms. The van der Waals surface area contributed by atoms with Gasteiger partial charge in [0.25, 0.3) is 5.91 Å². The molecule has 1 heterocycles.